The van der Waals surface area contributed by atoms with E-state index in [1.807, 2.05) is 84.6 Å². The van der Waals surface area contributed by atoms with Gasteiger partial charge in [-0.2, -0.15) is 0 Å². The normalized spacial score (nSPS) is 11.9. The predicted molar refractivity (Wildman–Crippen MR) is 149 cm³/mol. The van der Waals surface area contributed by atoms with Crippen LogP contribution < -0.4 is 10.3 Å². The lowest BCUT2D eigenvalue weighted by Crippen LogP contribution is -2.39. The van der Waals surface area contributed by atoms with Gasteiger partial charge >= 0.3 is 0 Å². The average molecular weight is 498 g/mol. The number of hydrogen-bond acceptors (Lipinski definition) is 4. The molecule has 1 atom stereocenters. The number of aromatic nitrogens is 2. The number of ether oxygens (including phenoxy) is 1. The number of para-hydroxylation sites is 3. The summed E-state index contributed by atoms with van der Waals surface area (Å²) in [5.74, 6) is 1.05. The number of nitrogens with zero attached hydrogens (tertiary/aromatic N) is 3. The summed E-state index contributed by atoms with van der Waals surface area (Å²) in [4.78, 5) is 34.8. The molecule has 1 unspecified atom stereocenters. The van der Waals surface area contributed by atoms with Gasteiger partial charge in [0, 0.05) is 12.1 Å². The molecule has 0 aliphatic carbocycles. The first-order valence-electron chi connectivity index (χ1n) is 13.1. The highest BCUT2D eigenvalue weighted by molar-refractivity contribution is 5.94. The largest absolute Gasteiger partial charge is 0.495 e. The Labute approximate surface area is 218 Å². The SMILES string of the molecule is CCCCCCN(C(=O)c1ccccc1)C(CC)c1nc2ccccc2c(=O)n1-c1ccccc1OC. The molecule has 1 aromatic heterocycles. The summed E-state index contributed by atoms with van der Waals surface area (Å²) in [6.45, 7) is 4.80. The molecular weight excluding hydrogens is 462 g/mol. The molecule has 0 fully saturated rings. The van der Waals surface area contributed by atoms with Crippen molar-refractivity contribution >= 4 is 16.8 Å². The highest BCUT2D eigenvalue weighted by Gasteiger charge is 2.30. The third-order valence-corrected chi connectivity index (χ3v) is 6.72. The Balaban J connectivity index is 1.92. The fourth-order valence-electron chi connectivity index (χ4n) is 4.82. The topological polar surface area (TPSA) is 64.4 Å². The number of benzene rings is 3. The van der Waals surface area contributed by atoms with E-state index in [2.05, 4.69) is 6.92 Å². The molecule has 37 heavy (non-hydrogen) atoms. The van der Waals surface area contributed by atoms with Crippen molar-refractivity contribution in [1.82, 2.24) is 14.5 Å². The molecule has 0 radical (unpaired) electrons. The number of carbonyl (C=O) groups is 1. The van der Waals surface area contributed by atoms with Crippen LogP contribution in [0.1, 0.15) is 68.2 Å². The summed E-state index contributed by atoms with van der Waals surface area (Å²) < 4.78 is 7.27. The van der Waals surface area contributed by atoms with E-state index in [-0.39, 0.29) is 11.5 Å². The van der Waals surface area contributed by atoms with Crippen molar-refractivity contribution in [3.8, 4) is 11.4 Å². The van der Waals surface area contributed by atoms with Gasteiger partial charge in [0.25, 0.3) is 11.5 Å². The first kappa shape index (κ1) is 26.1. The molecule has 0 N–H and O–H groups in total. The number of methoxy groups -OCH3 is 1. The minimum atomic E-state index is -0.406. The van der Waals surface area contributed by atoms with Gasteiger partial charge in [-0.25, -0.2) is 4.98 Å². The minimum Gasteiger partial charge on any atom is -0.495 e. The average Bonchev–Trinajstić information content (AvgIpc) is 2.95. The summed E-state index contributed by atoms with van der Waals surface area (Å²) in [5.41, 5.74) is 1.68. The third-order valence-electron chi connectivity index (χ3n) is 6.72. The fourth-order valence-corrected chi connectivity index (χ4v) is 4.82. The molecule has 0 spiro atoms. The lowest BCUT2D eigenvalue weighted by Gasteiger charge is -2.33. The van der Waals surface area contributed by atoms with E-state index in [4.69, 9.17) is 9.72 Å². The van der Waals surface area contributed by atoms with Gasteiger partial charge in [-0.1, -0.05) is 75.6 Å². The lowest BCUT2D eigenvalue weighted by atomic mass is 10.1. The maximum absolute atomic E-state index is 14.0. The third kappa shape index (κ3) is 5.58. The van der Waals surface area contributed by atoms with Crippen molar-refractivity contribution in [2.75, 3.05) is 13.7 Å². The van der Waals surface area contributed by atoms with Crippen LogP contribution in [0, 0.1) is 0 Å². The Morgan fingerprint density at radius 2 is 1.62 bits per heavy atom. The molecular formula is C31H35N3O3. The van der Waals surface area contributed by atoms with E-state index < -0.39 is 6.04 Å². The van der Waals surface area contributed by atoms with E-state index in [9.17, 15) is 9.59 Å². The van der Waals surface area contributed by atoms with Crippen molar-refractivity contribution in [3.63, 3.8) is 0 Å². The van der Waals surface area contributed by atoms with Gasteiger partial charge in [0.1, 0.15) is 11.6 Å². The number of rotatable bonds is 11. The summed E-state index contributed by atoms with van der Waals surface area (Å²) in [6, 6.07) is 23.7. The van der Waals surface area contributed by atoms with Gasteiger partial charge in [0.2, 0.25) is 0 Å². The number of carbonyl (C=O) groups excluding carboxylic acids is 1. The van der Waals surface area contributed by atoms with Crippen molar-refractivity contribution in [2.24, 2.45) is 0 Å². The Morgan fingerprint density at radius 1 is 0.919 bits per heavy atom. The van der Waals surface area contributed by atoms with Crippen LogP contribution in [-0.2, 0) is 0 Å². The van der Waals surface area contributed by atoms with Gasteiger partial charge in [0.15, 0.2) is 0 Å². The van der Waals surface area contributed by atoms with E-state index >= 15 is 0 Å². The first-order chi connectivity index (χ1) is 18.1. The van der Waals surface area contributed by atoms with Crippen LogP contribution in [0.15, 0.2) is 83.7 Å². The van der Waals surface area contributed by atoms with Gasteiger partial charge in [-0.15, -0.1) is 0 Å². The second kappa shape index (κ2) is 12.3. The predicted octanol–water partition coefficient (Wildman–Crippen LogP) is 6.57. The zero-order chi connectivity index (χ0) is 26.2. The molecule has 3 aromatic carbocycles. The smallest absolute Gasteiger partial charge is 0.266 e. The van der Waals surface area contributed by atoms with E-state index in [0.29, 0.717) is 46.7 Å². The van der Waals surface area contributed by atoms with E-state index in [1.54, 1.807) is 17.7 Å². The molecule has 0 saturated heterocycles. The van der Waals surface area contributed by atoms with Crippen LogP contribution in [0.2, 0.25) is 0 Å². The second-order valence-corrected chi connectivity index (χ2v) is 9.15. The molecule has 192 valence electrons. The van der Waals surface area contributed by atoms with Crippen LogP contribution in [-0.4, -0.2) is 34.0 Å². The number of amides is 1. The Kier molecular flexibility index (Phi) is 8.72. The molecule has 4 aromatic rings. The van der Waals surface area contributed by atoms with E-state index in [1.165, 1.54) is 0 Å². The molecule has 6 heteroatoms. The van der Waals surface area contributed by atoms with Crippen LogP contribution in [0.5, 0.6) is 5.75 Å². The molecule has 0 saturated carbocycles. The number of unbranched alkanes of at least 4 members (excludes halogenated alkanes) is 3. The van der Waals surface area contributed by atoms with Crippen LogP contribution >= 0.6 is 0 Å². The highest BCUT2D eigenvalue weighted by atomic mass is 16.5. The standard InChI is InChI=1S/C31H35N3O3/c1-4-6-7-15-22-33(30(35)23-16-9-8-10-17-23)26(5-2)29-32-25-19-12-11-18-24(25)31(36)34(29)27-20-13-14-21-28(27)37-3/h8-14,16-21,26H,4-7,15,22H2,1-3H3. The number of hydrogen-bond donors (Lipinski definition) is 0. The zero-order valence-corrected chi connectivity index (χ0v) is 21.9. The fraction of sp³-hybridized carbons (Fsp3) is 0.323. The zero-order valence-electron chi connectivity index (χ0n) is 21.9. The van der Waals surface area contributed by atoms with Crippen molar-refractivity contribution in [2.45, 2.75) is 52.0 Å². The quantitative estimate of drug-likeness (QED) is 0.220. The number of fused-ring (bicyclic) bond motifs is 1. The molecule has 0 bridgehead atoms. The molecule has 6 nitrogen and oxygen atoms in total. The molecule has 0 aliphatic rings. The van der Waals surface area contributed by atoms with Crippen molar-refractivity contribution in [3.05, 3.63) is 101 Å². The highest BCUT2D eigenvalue weighted by Crippen LogP contribution is 2.30. The molecule has 0 aliphatic heterocycles. The van der Waals surface area contributed by atoms with Crippen LogP contribution in [0.25, 0.3) is 16.6 Å². The summed E-state index contributed by atoms with van der Waals surface area (Å²) in [6.07, 6.45) is 4.76. The molecule has 4 rings (SSSR count). The lowest BCUT2D eigenvalue weighted by molar-refractivity contribution is 0.0654. The second-order valence-electron chi connectivity index (χ2n) is 9.15. The van der Waals surface area contributed by atoms with Gasteiger partial charge < -0.3 is 9.64 Å². The maximum Gasteiger partial charge on any atom is 0.266 e. The Hall–Kier alpha value is -3.93. The maximum atomic E-state index is 14.0. The Bertz CT molecular complexity index is 1400. The van der Waals surface area contributed by atoms with Crippen molar-refractivity contribution < 1.29 is 9.53 Å². The molecule has 1 heterocycles. The van der Waals surface area contributed by atoms with Gasteiger partial charge in [-0.3, -0.25) is 14.2 Å². The summed E-state index contributed by atoms with van der Waals surface area (Å²) in [7, 11) is 1.59. The summed E-state index contributed by atoms with van der Waals surface area (Å²) in [5, 5.41) is 0.524. The van der Waals surface area contributed by atoms with Gasteiger partial charge in [0.05, 0.1) is 29.7 Å². The van der Waals surface area contributed by atoms with Gasteiger partial charge in [-0.05, 0) is 49.2 Å². The van der Waals surface area contributed by atoms with E-state index in [0.717, 1.165) is 25.7 Å². The molecule has 1 amide bonds. The van der Waals surface area contributed by atoms with Crippen LogP contribution in [0.4, 0.5) is 0 Å². The Morgan fingerprint density at radius 3 is 2.35 bits per heavy atom. The monoisotopic (exact) mass is 497 g/mol. The summed E-state index contributed by atoms with van der Waals surface area (Å²) >= 11 is 0. The van der Waals surface area contributed by atoms with Crippen LogP contribution in [0.3, 0.4) is 0 Å². The van der Waals surface area contributed by atoms with Crippen molar-refractivity contribution in [1.29, 1.82) is 0 Å². The minimum absolute atomic E-state index is 0.0575. The first-order valence-corrected chi connectivity index (χ1v) is 13.1.